The summed E-state index contributed by atoms with van der Waals surface area (Å²) in [5.74, 6) is -0.214. The van der Waals surface area contributed by atoms with Gasteiger partial charge in [0.25, 0.3) is 0 Å². The number of thiol groups is 1. The Morgan fingerprint density at radius 2 is 2.31 bits per heavy atom. The van der Waals surface area contributed by atoms with E-state index in [9.17, 15) is 4.39 Å². The molecule has 1 aliphatic rings. The SMILES string of the molecule is Fc1cc(Br)c2c(c1)C(S)CCN2. The molecule has 0 saturated carbocycles. The second-order valence-corrected chi connectivity index (χ2v) is 4.56. The van der Waals surface area contributed by atoms with Crippen molar-refractivity contribution >= 4 is 34.2 Å². The number of rotatable bonds is 0. The van der Waals surface area contributed by atoms with Crippen LogP contribution in [0.1, 0.15) is 17.2 Å². The number of anilines is 1. The third-order valence-corrected chi connectivity index (χ3v) is 3.33. The number of nitrogens with one attached hydrogen (secondary N) is 1. The first-order valence-electron chi connectivity index (χ1n) is 4.09. The molecule has 13 heavy (non-hydrogen) atoms. The lowest BCUT2D eigenvalue weighted by Gasteiger charge is -2.24. The molecular formula is C9H9BrFNS. The smallest absolute Gasteiger partial charge is 0.124 e. The number of fused-ring (bicyclic) bond motifs is 1. The van der Waals surface area contributed by atoms with Gasteiger partial charge in [-0.3, -0.25) is 0 Å². The molecule has 0 spiro atoms. The van der Waals surface area contributed by atoms with Gasteiger partial charge < -0.3 is 5.32 Å². The van der Waals surface area contributed by atoms with Crippen molar-refractivity contribution in [2.75, 3.05) is 11.9 Å². The Bertz CT molecular complexity index is 343. The van der Waals surface area contributed by atoms with Crippen molar-refractivity contribution < 1.29 is 4.39 Å². The quantitative estimate of drug-likeness (QED) is 0.683. The average molecular weight is 262 g/mol. The summed E-state index contributed by atoms with van der Waals surface area (Å²) in [6.07, 6.45) is 0.937. The lowest BCUT2D eigenvalue weighted by molar-refractivity contribution is 0.622. The molecule has 0 bridgehead atoms. The summed E-state index contributed by atoms with van der Waals surface area (Å²) in [7, 11) is 0. The molecule has 0 aromatic heterocycles. The molecule has 2 rings (SSSR count). The van der Waals surface area contributed by atoms with E-state index in [1.54, 1.807) is 6.07 Å². The Morgan fingerprint density at radius 3 is 3.08 bits per heavy atom. The van der Waals surface area contributed by atoms with E-state index < -0.39 is 0 Å². The van der Waals surface area contributed by atoms with Crippen LogP contribution < -0.4 is 5.32 Å². The van der Waals surface area contributed by atoms with Crippen molar-refractivity contribution in [3.05, 3.63) is 28.0 Å². The van der Waals surface area contributed by atoms with Crippen molar-refractivity contribution in [3.8, 4) is 0 Å². The Labute approximate surface area is 90.3 Å². The third kappa shape index (κ3) is 1.70. The van der Waals surface area contributed by atoms with Crippen LogP contribution in [-0.4, -0.2) is 6.54 Å². The van der Waals surface area contributed by atoms with Gasteiger partial charge in [0, 0.05) is 16.3 Å². The number of halogens is 2. The topological polar surface area (TPSA) is 12.0 Å². The van der Waals surface area contributed by atoms with Gasteiger partial charge in [-0.05, 0) is 40.0 Å². The minimum atomic E-state index is -0.214. The normalized spacial score (nSPS) is 20.7. The van der Waals surface area contributed by atoms with Crippen molar-refractivity contribution in [1.29, 1.82) is 0 Å². The highest BCUT2D eigenvalue weighted by Crippen LogP contribution is 2.38. The first-order valence-corrected chi connectivity index (χ1v) is 5.40. The Hall–Kier alpha value is -0.220. The van der Waals surface area contributed by atoms with E-state index in [2.05, 4.69) is 33.9 Å². The number of benzene rings is 1. The zero-order valence-electron chi connectivity index (χ0n) is 6.85. The predicted octanol–water partition coefficient (Wildman–Crippen LogP) is 3.37. The molecule has 0 fully saturated rings. The Kier molecular flexibility index (Phi) is 2.51. The minimum absolute atomic E-state index is 0.142. The van der Waals surface area contributed by atoms with Crippen molar-refractivity contribution in [1.82, 2.24) is 0 Å². The molecule has 1 aliphatic heterocycles. The van der Waals surface area contributed by atoms with Crippen LogP contribution in [0.3, 0.4) is 0 Å². The minimum Gasteiger partial charge on any atom is -0.384 e. The lowest BCUT2D eigenvalue weighted by Crippen LogP contribution is -2.14. The second-order valence-electron chi connectivity index (χ2n) is 3.08. The summed E-state index contributed by atoms with van der Waals surface area (Å²) < 4.78 is 13.8. The fraction of sp³-hybridized carbons (Fsp3) is 0.333. The van der Waals surface area contributed by atoms with E-state index in [0.29, 0.717) is 0 Å². The van der Waals surface area contributed by atoms with Crippen LogP contribution in [0.15, 0.2) is 16.6 Å². The van der Waals surface area contributed by atoms with Gasteiger partial charge in [0.05, 0.1) is 5.69 Å². The first-order chi connectivity index (χ1) is 6.18. The van der Waals surface area contributed by atoms with E-state index in [1.165, 1.54) is 6.07 Å². The van der Waals surface area contributed by atoms with Crippen LogP contribution >= 0.6 is 28.6 Å². The van der Waals surface area contributed by atoms with Crippen molar-refractivity contribution in [2.24, 2.45) is 0 Å². The van der Waals surface area contributed by atoms with Gasteiger partial charge in [-0.25, -0.2) is 4.39 Å². The highest BCUT2D eigenvalue weighted by Gasteiger charge is 2.19. The molecular weight excluding hydrogens is 253 g/mol. The summed E-state index contributed by atoms with van der Waals surface area (Å²) in [5, 5.41) is 3.37. The largest absolute Gasteiger partial charge is 0.384 e. The van der Waals surface area contributed by atoms with Gasteiger partial charge in [-0.15, -0.1) is 0 Å². The highest BCUT2D eigenvalue weighted by atomic mass is 79.9. The van der Waals surface area contributed by atoms with Gasteiger partial charge in [0.2, 0.25) is 0 Å². The van der Waals surface area contributed by atoms with Gasteiger partial charge in [-0.1, -0.05) is 0 Å². The number of hydrogen-bond acceptors (Lipinski definition) is 2. The molecule has 1 aromatic rings. The first kappa shape index (κ1) is 9.34. The lowest BCUT2D eigenvalue weighted by atomic mass is 10.0. The van der Waals surface area contributed by atoms with E-state index >= 15 is 0 Å². The van der Waals surface area contributed by atoms with Crippen LogP contribution in [0.25, 0.3) is 0 Å². The molecule has 0 aliphatic carbocycles. The molecule has 0 radical (unpaired) electrons. The molecule has 4 heteroatoms. The summed E-state index contributed by atoms with van der Waals surface area (Å²) in [6.45, 7) is 0.894. The fourth-order valence-corrected chi connectivity index (χ4v) is 2.45. The monoisotopic (exact) mass is 261 g/mol. The average Bonchev–Trinajstić information content (AvgIpc) is 2.07. The predicted molar refractivity (Wildman–Crippen MR) is 58.9 cm³/mol. The highest BCUT2D eigenvalue weighted by molar-refractivity contribution is 9.10. The van der Waals surface area contributed by atoms with Crippen LogP contribution in [0.5, 0.6) is 0 Å². The van der Waals surface area contributed by atoms with E-state index in [-0.39, 0.29) is 11.1 Å². The molecule has 1 unspecified atom stereocenters. The van der Waals surface area contributed by atoms with Gasteiger partial charge in [0.15, 0.2) is 0 Å². The van der Waals surface area contributed by atoms with E-state index in [4.69, 9.17) is 0 Å². The fourth-order valence-electron chi connectivity index (χ4n) is 1.53. The van der Waals surface area contributed by atoms with Crippen molar-refractivity contribution in [2.45, 2.75) is 11.7 Å². The number of hydrogen-bond donors (Lipinski definition) is 2. The maximum absolute atomic E-state index is 13.0. The molecule has 1 N–H and O–H groups in total. The summed E-state index contributed by atoms with van der Waals surface area (Å²) >= 11 is 7.73. The molecule has 1 atom stereocenters. The third-order valence-electron chi connectivity index (χ3n) is 2.16. The summed E-state index contributed by atoms with van der Waals surface area (Å²) in [5.41, 5.74) is 1.93. The zero-order chi connectivity index (χ0) is 9.42. The molecule has 1 aromatic carbocycles. The standard InChI is InChI=1S/C9H9BrFNS/c10-7-4-5(11)3-6-8(13)1-2-12-9(6)7/h3-4,8,12-13H,1-2H2. The van der Waals surface area contributed by atoms with E-state index in [0.717, 1.165) is 28.7 Å². The van der Waals surface area contributed by atoms with Crippen LogP contribution in [-0.2, 0) is 0 Å². The molecule has 1 heterocycles. The van der Waals surface area contributed by atoms with Crippen LogP contribution in [0.4, 0.5) is 10.1 Å². The van der Waals surface area contributed by atoms with Crippen LogP contribution in [0.2, 0.25) is 0 Å². The van der Waals surface area contributed by atoms with Crippen LogP contribution in [0, 0.1) is 5.82 Å². The Morgan fingerprint density at radius 1 is 1.54 bits per heavy atom. The molecule has 0 amide bonds. The maximum atomic E-state index is 13.0. The van der Waals surface area contributed by atoms with Crippen molar-refractivity contribution in [3.63, 3.8) is 0 Å². The summed E-state index contributed by atoms with van der Waals surface area (Å²) in [6, 6.07) is 3.02. The molecule has 70 valence electrons. The summed E-state index contributed by atoms with van der Waals surface area (Å²) in [4.78, 5) is 0. The Balaban J connectivity index is 2.56. The van der Waals surface area contributed by atoms with E-state index in [1.807, 2.05) is 0 Å². The van der Waals surface area contributed by atoms with Gasteiger partial charge in [0.1, 0.15) is 5.82 Å². The molecule has 0 saturated heterocycles. The maximum Gasteiger partial charge on any atom is 0.124 e. The zero-order valence-corrected chi connectivity index (χ0v) is 9.33. The molecule has 1 nitrogen and oxygen atoms in total. The second kappa shape index (κ2) is 3.50. The van der Waals surface area contributed by atoms with Gasteiger partial charge in [-0.2, -0.15) is 12.6 Å². The van der Waals surface area contributed by atoms with Gasteiger partial charge >= 0.3 is 0 Å².